The van der Waals surface area contributed by atoms with Crippen molar-refractivity contribution in [2.24, 2.45) is 5.73 Å². The first-order chi connectivity index (χ1) is 8.70. The molecule has 1 fully saturated rings. The number of aromatic nitrogens is 3. The molecule has 7 heteroatoms. The van der Waals surface area contributed by atoms with Crippen molar-refractivity contribution in [2.75, 3.05) is 13.1 Å². The van der Waals surface area contributed by atoms with Crippen LogP contribution in [0.25, 0.3) is 0 Å². The van der Waals surface area contributed by atoms with Crippen molar-refractivity contribution < 1.29 is 9.59 Å². The molecule has 0 unspecified atom stereocenters. The first-order valence-electron chi connectivity index (χ1n) is 6.13. The van der Waals surface area contributed by atoms with Crippen LogP contribution in [-0.4, -0.2) is 44.8 Å². The summed E-state index contributed by atoms with van der Waals surface area (Å²) in [6, 6.07) is 0. The lowest BCUT2D eigenvalue weighted by Crippen LogP contribution is -2.34. The highest BCUT2D eigenvalue weighted by atomic mass is 16.2. The number of rotatable bonds is 5. The van der Waals surface area contributed by atoms with E-state index < -0.39 is 0 Å². The van der Waals surface area contributed by atoms with Gasteiger partial charge >= 0.3 is 0 Å². The monoisotopic (exact) mass is 251 g/mol. The molecule has 1 aromatic heterocycles. The smallest absolute Gasteiger partial charge is 0.250 e. The van der Waals surface area contributed by atoms with E-state index in [-0.39, 0.29) is 18.4 Å². The molecule has 0 atom stereocenters. The number of hydrogen-bond donors (Lipinski definition) is 1. The summed E-state index contributed by atoms with van der Waals surface area (Å²) in [7, 11) is 0. The van der Waals surface area contributed by atoms with Gasteiger partial charge in [-0.05, 0) is 25.8 Å². The van der Waals surface area contributed by atoms with Crippen molar-refractivity contribution in [3.05, 3.63) is 11.9 Å². The van der Waals surface area contributed by atoms with E-state index in [1.54, 1.807) is 6.20 Å². The molecular weight excluding hydrogens is 234 g/mol. The fourth-order valence-electron chi connectivity index (χ4n) is 1.95. The number of aryl methyl sites for hydroxylation is 1. The van der Waals surface area contributed by atoms with Crippen LogP contribution in [0.1, 0.15) is 25.0 Å². The number of nitrogens with zero attached hydrogens (tertiary/aromatic N) is 4. The SMILES string of the molecule is NCCCc1cn(CC(=O)N2CCCC2=O)nn1. The van der Waals surface area contributed by atoms with Crippen molar-refractivity contribution >= 4 is 11.8 Å². The average Bonchev–Trinajstić information content (AvgIpc) is 2.95. The van der Waals surface area contributed by atoms with Gasteiger partial charge in [-0.2, -0.15) is 0 Å². The molecule has 2 amide bonds. The Morgan fingerprint density at radius 1 is 1.50 bits per heavy atom. The Morgan fingerprint density at radius 2 is 2.33 bits per heavy atom. The Bertz CT molecular complexity index is 442. The molecule has 1 aliphatic heterocycles. The van der Waals surface area contributed by atoms with Crippen LogP contribution >= 0.6 is 0 Å². The van der Waals surface area contributed by atoms with E-state index in [1.165, 1.54) is 9.58 Å². The van der Waals surface area contributed by atoms with Gasteiger partial charge in [0.05, 0.1) is 5.69 Å². The van der Waals surface area contributed by atoms with Gasteiger partial charge < -0.3 is 5.73 Å². The molecule has 0 bridgehead atoms. The molecule has 0 saturated carbocycles. The second-order valence-electron chi connectivity index (χ2n) is 4.34. The molecule has 1 aliphatic rings. The predicted octanol–water partition coefficient (Wildman–Crippen LogP) is -0.682. The quantitative estimate of drug-likeness (QED) is 0.748. The molecule has 0 radical (unpaired) electrons. The van der Waals surface area contributed by atoms with Crippen LogP contribution in [0.5, 0.6) is 0 Å². The molecule has 0 aromatic carbocycles. The van der Waals surface area contributed by atoms with E-state index in [0.29, 0.717) is 19.5 Å². The van der Waals surface area contributed by atoms with Crippen LogP contribution in [-0.2, 0) is 22.6 Å². The van der Waals surface area contributed by atoms with E-state index in [9.17, 15) is 9.59 Å². The summed E-state index contributed by atoms with van der Waals surface area (Å²) >= 11 is 0. The Morgan fingerprint density at radius 3 is 3.00 bits per heavy atom. The normalized spacial score (nSPS) is 15.4. The predicted molar refractivity (Wildman–Crippen MR) is 63.4 cm³/mol. The summed E-state index contributed by atoms with van der Waals surface area (Å²) in [5.74, 6) is -0.309. The minimum Gasteiger partial charge on any atom is -0.330 e. The van der Waals surface area contributed by atoms with E-state index >= 15 is 0 Å². The summed E-state index contributed by atoms with van der Waals surface area (Å²) in [6.45, 7) is 1.20. The zero-order valence-electron chi connectivity index (χ0n) is 10.2. The minimum atomic E-state index is -0.215. The molecule has 1 saturated heterocycles. The van der Waals surface area contributed by atoms with E-state index in [2.05, 4.69) is 10.3 Å². The van der Waals surface area contributed by atoms with Gasteiger partial charge in [0, 0.05) is 19.2 Å². The summed E-state index contributed by atoms with van der Waals surface area (Å²) in [5, 5.41) is 7.83. The first-order valence-corrected chi connectivity index (χ1v) is 6.13. The fourth-order valence-corrected chi connectivity index (χ4v) is 1.95. The number of carbonyl (C=O) groups is 2. The molecule has 7 nitrogen and oxygen atoms in total. The highest BCUT2D eigenvalue weighted by molar-refractivity contribution is 5.96. The van der Waals surface area contributed by atoms with Crippen LogP contribution < -0.4 is 5.73 Å². The van der Waals surface area contributed by atoms with Crippen LogP contribution in [0.15, 0.2) is 6.20 Å². The molecule has 98 valence electrons. The van der Waals surface area contributed by atoms with Crippen molar-refractivity contribution in [2.45, 2.75) is 32.2 Å². The summed E-state index contributed by atoms with van der Waals surface area (Å²) < 4.78 is 1.47. The lowest BCUT2D eigenvalue weighted by Gasteiger charge is -2.12. The number of hydrogen-bond acceptors (Lipinski definition) is 5. The molecular formula is C11H17N5O2. The second kappa shape index (κ2) is 5.72. The minimum absolute atomic E-state index is 0.0708. The third-order valence-electron chi connectivity index (χ3n) is 2.89. The van der Waals surface area contributed by atoms with Crippen molar-refractivity contribution in [1.82, 2.24) is 19.9 Å². The maximum absolute atomic E-state index is 11.8. The highest BCUT2D eigenvalue weighted by Gasteiger charge is 2.26. The van der Waals surface area contributed by atoms with Crippen molar-refractivity contribution in [3.8, 4) is 0 Å². The standard InChI is InChI=1S/C11H17N5O2/c12-5-1-3-9-7-15(14-13-9)8-11(18)16-6-2-4-10(16)17/h7H,1-6,8,12H2. The van der Waals surface area contributed by atoms with Crippen molar-refractivity contribution in [3.63, 3.8) is 0 Å². The van der Waals surface area contributed by atoms with Gasteiger partial charge in [0.25, 0.3) is 5.91 Å². The van der Waals surface area contributed by atoms with E-state index in [0.717, 1.165) is 25.0 Å². The molecule has 0 spiro atoms. The number of carbonyl (C=O) groups excluding carboxylic acids is 2. The third-order valence-corrected chi connectivity index (χ3v) is 2.89. The van der Waals surface area contributed by atoms with Gasteiger partial charge in [0.1, 0.15) is 6.54 Å². The average molecular weight is 251 g/mol. The van der Waals surface area contributed by atoms with E-state index in [1.807, 2.05) is 0 Å². The first kappa shape index (κ1) is 12.7. The zero-order valence-corrected chi connectivity index (χ0v) is 10.2. The van der Waals surface area contributed by atoms with Gasteiger partial charge in [-0.3, -0.25) is 14.5 Å². The van der Waals surface area contributed by atoms with Crippen molar-refractivity contribution in [1.29, 1.82) is 0 Å². The summed E-state index contributed by atoms with van der Waals surface area (Å²) in [5.41, 5.74) is 6.23. The van der Waals surface area contributed by atoms with Crippen LogP contribution in [0, 0.1) is 0 Å². The van der Waals surface area contributed by atoms with Crippen LogP contribution in [0.2, 0.25) is 0 Å². The number of amides is 2. The summed E-state index contributed by atoms with van der Waals surface area (Å²) in [6.07, 6.45) is 4.55. The molecule has 1 aromatic rings. The third kappa shape index (κ3) is 2.92. The van der Waals surface area contributed by atoms with E-state index in [4.69, 9.17) is 5.73 Å². The maximum atomic E-state index is 11.8. The number of likely N-dealkylation sites (tertiary alicyclic amines) is 1. The lowest BCUT2D eigenvalue weighted by atomic mass is 10.2. The van der Waals surface area contributed by atoms with Gasteiger partial charge in [-0.15, -0.1) is 5.10 Å². The Hall–Kier alpha value is -1.76. The Labute approximate surface area is 105 Å². The largest absolute Gasteiger partial charge is 0.330 e. The molecule has 18 heavy (non-hydrogen) atoms. The van der Waals surface area contributed by atoms with Gasteiger partial charge in [0.2, 0.25) is 5.91 Å². The lowest BCUT2D eigenvalue weighted by molar-refractivity contribution is -0.142. The number of imide groups is 1. The fraction of sp³-hybridized carbons (Fsp3) is 0.636. The topological polar surface area (TPSA) is 94.1 Å². The number of nitrogens with two attached hydrogens (primary N) is 1. The maximum Gasteiger partial charge on any atom is 0.250 e. The molecule has 2 N–H and O–H groups in total. The van der Waals surface area contributed by atoms with Gasteiger partial charge in [-0.25, -0.2) is 4.68 Å². The van der Waals surface area contributed by atoms with Crippen LogP contribution in [0.3, 0.4) is 0 Å². The summed E-state index contributed by atoms with van der Waals surface area (Å²) in [4.78, 5) is 24.5. The molecule has 0 aliphatic carbocycles. The highest BCUT2D eigenvalue weighted by Crippen LogP contribution is 2.10. The van der Waals surface area contributed by atoms with Gasteiger partial charge in [-0.1, -0.05) is 5.21 Å². The zero-order chi connectivity index (χ0) is 13.0. The molecule has 2 heterocycles. The van der Waals surface area contributed by atoms with Gasteiger partial charge in [0.15, 0.2) is 0 Å². The Balaban J connectivity index is 1.90. The second-order valence-corrected chi connectivity index (χ2v) is 4.34. The van der Waals surface area contributed by atoms with Crippen LogP contribution in [0.4, 0.5) is 0 Å². The molecule has 2 rings (SSSR count). The Kier molecular flexibility index (Phi) is 4.03.